The van der Waals surface area contributed by atoms with E-state index in [2.05, 4.69) is 132 Å². The summed E-state index contributed by atoms with van der Waals surface area (Å²) in [6.07, 6.45) is -0.0871. The highest BCUT2D eigenvalue weighted by Crippen LogP contribution is 2.54. The maximum Gasteiger partial charge on any atom is 0.187 e. The van der Waals surface area contributed by atoms with E-state index in [1.165, 1.54) is 16.8 Å². The predicted octanol–water partition coefficient (Wildman–Crippen LogP) is 9.08. The van der Waals surface area contributed by atoms with E-state index < -0.39 is 0 Å². The van der Waals surface area contributed by atoms with E-state index >= 15 is 0 Å². The number of nitrogens with zero attached hydrogens (tertiary/aromatic N) is 2. The topological polar surface area (TPSA) is 25.4 Å². The van der Waals surface area contributed by atoms with Gasteiger partial charge in [0.2, 0.25) is 0 Å². The van der Waals surface area contributed by atoms with Crippen molar-refractivity contribution in [2.45, 2.75) is 12.1 Å². The molecule has 6 aromatic rings. The average Bonchev–Trinajstić information content (AvgIpc) is 3.56. The van der Waals surface area contributed by atoms with Crippen molar-refractivity contribution in [2.24, 2.45) is 0 Å². The molecular weight excluding hydrogens is 488 g/mol. The van der Waals surface area contributed by atoms with Crippen LogP contribution in [0.2, 0.25) is 0 Å². The Morgan fingerprint density at radius 3 is 1.75 bits per heavy atom. The highest BCUT2D eigenvalue weighted by molar-refractivity contribution is 5.80. The van der Waals surface area contributed by atoms with Crippen LogP contribution in [0.15, 0.2) is 146 Å². The van der Waals surface area contributed by atoms with Gasteiger partial charge in [-0.25, -0.2) is 4.98 Å². The van der Waals surface area contributed by atoms with Crippen molar-refractivity contribution in [3.05, 3.63) is 157 Å². The lowest BCUT2D eigenvalue weighted by molar-refractivity contribution is 0.234. The highest BCUT2D eigenvalue weighted by atomic mass is 16.5. The normalized spacial score (nSPS) is 16.6. The minimum absolute atomic E-state index is 0.0871. The first-order chi connectivity index (χ1) is 19.8. The fourth-order valence-corrected chi connectivity index (χ4v) is 6.14. The van der Waals surface area contributed by atoms with E-state index in [-0.39, 0.29) is 12.1 Å². The molecule has 3 heteroatoms. The van der Waals surface area contributed by atoms with Crippen LogP contribution in [0.4, 0.5) is 11.4 Å². The zero-order valence-electron chi connectivity index (χ0n) is 21.8. The van der Waals surface area contributed by atoms with Gasteiger partial charge in [0, 0.05) is 28.1 Å². The summed E-state index contributed by atoms with van der Waals surface area (Å²) in [5.41, 5.74) is 11.4. The van der Waals surface area contributed by atoms with Gasteiger partial charge in [0.05, 0.1) is 17.3 Å². The minimum atomic E-state index is -0.0871. The van der Waals surface area contributed by atoms with Crippen molar-refractivity contribution in [1.82, 2.24) is 4.98 Å². The highest BCUT2D eigenvalue weighted by Gasteiger charge is 2.46. The third kappa shape index (κ3) is 3.70. The molecule has 2 aliphatic rings. The Balaban J connectivity index is 1.20. The molecule has 0 radical (unpaired) electrons. The molecule has 2 aliphatic heterocycles. The van der Waals surface area contributed by atoms with Crippen LogP contribution in [-0.2, 0) is 0 Å². The molecule has 8 rings (SSSR count). The molecule has 2 unspecified atom stereocenters. The minimum Gasteiger partial charge on any atom is -0.469 e. The maximum atomic E-state index is 6.54. The first-order valence-electron chi connectivity index (χ1n) is 13.7. The smallest absolute Gasteiger partial charge is 0.187 e. The van der Waals surface area contributed by atoms with Crippen LogP contribution in [-0.4, -0.2) is 11.2 Å². The Labute approximate surface area is 234 Å². The van der Waals surface area contributed by atoms with E-state index in [1.807, 2.05) is 18.2 Å². The lowest BCUT2D eigenvalue weighted by Gasteiger charge is -2.27. The number of aromatic nitrogens is 1. The Kier molecular flexibility index (Phi) is 5.27. The lowest BCUT2D eigenvalue weighted by Crippen LogP contribution is -2.32. The van der Waals surface area contributed by atoms with Gasteiger partial charge >= 0.3 is 0 Å². The second-order valence-electron chi connectivity index (χ2n) is 10.4. The first-order valence-corrected chi connectivity index (χ1v) is 13.7. The number of para-hydroxylation sites is 2. The van der Waals surface area contributed by atoms with E-state index in [0.29, 0.717) is 0 Å². The molecule has 40 heavy (non-hydrogen) atoms. The Hall–Kier alpha value is -5.15. The van der Waals surface area contributed by atoms with Crippen molar-refractivity contribution >= 4 is 11.4 Å². The summed E-state index contributed by atoms with van der Waals surface area (Å²) in [5.74, 6) is 1.18. The largest absolute Gasteiger partial charge is 0.469 e. The van der Waals surface area contributed by atoms with Gasteiger partial charge in [0.25, 0.3) is 0 Å². The van der Waals surface area contributed by atoms with Crippen LogP contribution < -0.4 is 9.64 Å². The first kappa shape index (κ1) is 22.8. The molecule has 0 N–H and O–H groups in total. The molecule has 3 nitrogen and oxygen atoms in total. The van der Waals surface area contributed by atoms with Gasteiger partial charge in [-0.15, -0.1) is 0 Å². The fourth-order valence-electron chi connectivity index (χ4n) is 6.14. The van der Waals surface area contributed by atoms with Crippen LogP contribution in [0.1, 0.15) is 17.0 Å². The lowest BCUT2D eigenvalue weighted by atomic mass is 9.93. The number of rotatable bonds is 4. The van der Waals surface area contributed by atoms with Crippen LogP contribution in [0.25, 0.3) is 33.6 Å². The summed E-state index contributed by atoms with van der Waals surface area (Å²) in [6, 6.07) is 51.1. The van der Waals surface area contributed by atoms with Gasteiger partial charge < -0.3 is 9.64 Å². The van der Waals surface area contributed by atoms with Crippen LogP contribution in [0.3, 0.4) is 0 Å². The van der Waals surface area contributed by atoms with Gasteiger partial charge in [0.1, 0.15) is 5.75 Å². The number of hydrogen-bond acceptors (Lipinski definition) is 3. The number of anilines is 2. The summed E-state index contributed by atoms with van der Waals surface area (Å²) >= 11 is 0. The van der Waals surface area contributed by atoms with Crippen LogP contribution in [0.5, 0.6) is 5.75 Å². The summed E-state index contributed by atoms with van der Waals surface area (Å²) in [4.78, 5) is 7.38. The monoisotopic (exact) mass is 514 g/mol. The van der Waals surface area contributed by atoms with E-state index in [4.69, 9.17) is 9.72 Å². The SMILES string of the molecule is c1ccc(-c2cc(-c3ccc(N4c5ccccc5C5c6ccccc6OC54)cc3)cc(-c3ccccc3)n2)cc1. The Morgan fingerprint density at radius 1 is 0.500 bits per heavy atom. The Morgan fingerprint density at radius 2 is 1.07 bits per heavy atom. The van der Waals surface area contributed by atoms with E-state index in [1.54, 1.807) is 0 Å². The summed E-state index contributed by atoms with van der Waals surface area (Å²) in [7, 11) is 0. The van der Waals surface area contributed by atoms with Gasteiger partial charge in [-0.3, -0.25) is 0 Å². The molecule has 0 bridgehead atoms. The van der Waals surface area contributed by atoms with E-state index in [9.17, 15) is 0 Å². The summed E-state index contributed by atoms with van der Waals surface area (Å²) < 4.78 is 6.54. The zero-order valence-corrected chi connectivity index (χ0v) is 21.8. The van der Waals surface area contributed by atoms with Gasteiger partial charge in [-0.05, 0) is 53.1 Å². The van der Waals surface area contributed by atoms with Crippen LogP contribution in [0, 0.1) is 0 Å². The van der Waals surface area contributed by atoms with Crippen molar-refractivity contribution in [1.29, 1.82) is 0 Å². The van der Waals surface area contributed by atoms with Gasteiger partial charge in [0.15, 0.2) is 6.23 Å². The predicted molar refractivity (Wildman–Crippen MR) is 162 cm³/mol. The van der Waals surface area contributed by atoms with Crippen molar-refractivity contribution < 1.29 is 4.74 Å². The van der Waals surface area contributed by atoms with Crippen molar-refractivity contribution in [3.63, 3.8) is 0 Å². The second kappa shape index (κ2) is 9.25. The number of benzene rings is 5. The molecule has 1 aromatic heterocycles. The van der Waals surface area contributed by atoms with Crippen molar-refractivity contribution in [2.75, 3.05) is 4.90 Å². The van der Waals surface area contributed by atoms with E-state index in [0.717, 1.165) is 45.1 Å². The Bertz CT molecular complexity index is 1770. The molecule has 0 spiro atoms. The molecule has 0 aliphatic carbocycles. The molecule has 3 heterocycles. The molecular formula is C37H26N2O. The molecule has 190 valence electrons. The third-order valence-electron chi connectivity index (χ3n) is 8.02. The second-order valence-corrected chi connectivity index (χ2v) is 10.4. The third-order valence-corrected chi connectivity index (χ3v) is 8.02. The molecule has 5 aromatic carbocycles. The summed E-state index contributed by atoms with van der Waals surface area (Å²) in [6.45, 7) is 0. The average molecular weight is 515 g/mol. The maximum absolute atomic E-state index is 6.54. The molecule has 0 saturated heterocycles. The molecule has 0 amide bonds. The number of hydrogen-bond donors (Lipinski definition) is 0. The molecule has 2 atom stereocenters. The summed E-state index contributed by atoms with van der Waals surface area (Å²) in [5, 5.41) is 0. The number of fused-ring (bicyclic) bond motifs is 5. The van der Waals surface area contributed by atoms with Crippen LogP contribution >= 0.6 is 0 Å². The molecule has 0 saturated carbocycles. The van der Waals surface area contributed by atoms with Crippen molar-refractivity contribution in [3.8, 4) is 39.4 Å². The van der Waals surface area contributed by atoms with Gasteiger partial charge in [-0.1, -0.05) is 109 Å². The standard InChI is InChI=1S/C37H26N2O/c1-3-11-26(12-4-1)32-23-28(24-33(38-32)27-13-5-2-6-14-27)25-19-21-29(22-20-25)39-34-17-9-7-15-30(34)36-31-16-8-10-18-35(31)40-37(36)39/h1-24,36-37H. The number of pyridine rings is 1. The molecule has 0 fully saturated rings. The quantitative estimate of drug-likeness (QED) is 0.235. The van der Waals surface area contributed by atoms with Gasteiger partial charge in [-0.2, -0.15) is 0 Å². The zero-order chi connectivity index (χ0) is 26.5. The fraction of sp³-hybridized carbons (Fsp3) is 0.0541. The number of ether oxygens (including phenoxy) is 1.